The second-order valence-electron chi connectivity index (χ2n) is 5.20. The summed E-state index contributed by atoms with van der Waals surface area (Å²) in [6, 6.07) is -0.0271. The summed E-state index contributed by atoms with van der Waals surface area (Å²) in [5, 5.41) is 11.8. The minimum absolute atomic E-state index is 0.0271. The van der Waals surface area contributed by atoms with Crippen molar-refractivity contribution in [2.45, 2.75) is 45.3 Å². The first-order valence-corrected chi connectivity index (χ1v) is 5.68. The molecule has 0 saturated carbocycles. The predicted octanol–water partition coefficient (Wildman–Crippen LogP) is 1.84. The Hall–Kier alpha value is -1.03. The molecule has 2 atom stereocenters. The Morgan fingerprint density at radius 2 is 2.25 bits per heavy atom. The topological polar surface area (TPSA) is 58.6 Å². The van der Waals surface area contributed by atoms with Crippen LogP contribution >= 0.6 is 0 Å². The number of ether oxygens (including phenoxy) is 1. The van der Waals surface area contributed by atoms with E-state index in [9.17, 15) is 4.79 Å². The highest BCUT2D eigenvalue weighted by Gasteiger charge is 2.22. The molecule has 1 aliphatic rings. The van der Waals surface area contributed by atoms with Gasteiger partial charge in [0.1, 0.15) is 5.60 Å². The number of carbonyl (C=O) groups excluding carboxylic acids is 1. The van der Waals surface area contributed by atoms with Gasteiger partial charge in [0.05, 0.1) is 6.04 Å². The molecule has 1 amide bonds. The molecule has 0 aromatic heterocycles. The highest BCUT2D eigenvalue weighted by atomic mass is 16.6. The van der Waals surface area contributed by atoms with Crippen molar-refractivity contribution in [3.8, 4) is 0 Å². The van der Waals surface area contributed by atoms with Gasteiger partial charge in [-0.2, -0.15) is 0 Å². The van der Waals surface area contributed by atoms with E-state index < -0.39 is 11.7 Å². The zero-order valence-corrected chi connectivity index (χ0v) is 10.2. The zero-order chi connectivity index (χ0) is 12.2. The second-order valence-corrected chi connectivity index (χ2v) is 5.20. The quantitative estimate of drug-likeness (QED) is 0.708. The summed E-state index contributed by atoms with van der Waals surface area (Å²) in [4.78, 5) is 11.5. The number of aliphatic hydroxyl groups is 1. The molecule has 0 saturated heterocycles. The van der Waals surface area contributed by atoms with Crippen molar-refractivity contribution in [1.82, 2.24) is 5.32 Å². The van der Waals surface area contributed by atoms with Crippen molar-refractivity contribution < 1.29 is 14.6 Å². The molecular formula is C12H21NO3. The lowest BCUT2D eigenvalue weighted by molar-refractivity contribution is 0.0503. The molecule has 2 N–H and O–H groups in total. The fourth-order valence-corrected chi connectivity index (χ4v) is 1.68. The van der Waals surface area contributed by atoms with Crippen LogP contribution in [-0.4, -0.2) is 29.4 Å². The third kappa shape index (κ3) is 4.66. The number of carbonyl (C=O) groups is 1. The van der Waals surface area contributed by atoms with Crippen LogP contribution in [0.1, 0.15) is 33.6 Å². The van der Waals surface area contributed by atoms with Crippen molar-refractivity contribution in [2.24, 2.45) is 5.92 Å². The highest BCUT2D eigenvalue weighted by molar-refractivity contribution is 5.68. The summed E-state index contributed by atoms with van der Waals surface area (Å²) in [5.41, 5.74) is -0.473. The Bertz CT molecular complexity index is 268. The minimum atomic E-state index is -0.473. The Balaban J connectivity index is 2.40. The van der Waals surface area contributed by atoms with Crippen LogP contribution in [0.3, 0.4) is 0 Å². The molecule has 16 heavy (non-hydrogen) atoms. The fraction of sp³-hybridized carbons (Fsp3) is 0.750. The van der Waals surface area contributed by atoms with E-state index >= 15 is 0 Å². The monoisotopic (exact) mass is 227 g/mol. The first-order chi connectivity index (χ1) is 7.40. The number of hydrogen-bond donors (Lipinski definition) is 2. The summed E-state index contributed by atoms with van der Waals surface area (Å²) in [5.74, 6) is 0.241. The van der Waals surface area contributed by atoms with Crippen molar-refractivity contribution in [2.75, 3.05) is 6.61 Å². The zero-order valence-electron chi connectivity index (χ0n) is 10.2. The SMILES string of the molecule is CC(C)(C)OC(=O)NC1C=CCC(CO)C1. The minimum Gasteiger partial charge on any atom is -0.444 e. The third-order valence-electron chi connectivity index (χ3n) is 2.39. The number of aliphatic hydroxyl groups excluding tert-OH is 1. The lowest BCUT2D eigenvalue weighted by atomic mass is 9.92. The first-order valence-electron chi connectivity index (χ1n) is 5.68. The number of alkyl carbamates (subject to hydrolysis) is 1. The van der Waals surface area contributed by atoms with E-state index in [1.54, 1.807) is 0 Å². The van der Waals surface area contributed by atoms with E-state index in [0.717, 1.165) is 12.8 Å². The molecule has 0 heterocycles. The summed E-state index contributed by atoms with van der Waals surface area (Å²) in [6.45, 7) is 5.66. The van der Waals surface area contributed by atoms with Gasteiger partial charge in [-0.3, -0.25) is 0 Å². The van der Waals surface area contributed by atoms with E-state index in [4.69, 9.17) is 9.84 Å². The second kappa shape index (κ2) is 5.34. The summed E-state index contributed by atoms with van der Waals surface area (Å²) in [7, 11) is 0. The van der Waals surface area contributed by atoms with Crippen molar-refractivity contribution >= 4 is 6.09 Å². The Labute approximate surface area is 96.7 Å². The predicted molar refractivity (Wildman–Crippen MR) is 62.1 cm³/mol. The summed E-state index contributed by atoms with van der Waals surface area (Å²) in [6.07, 6.45) is 5.19. The van der Waals surface area contributed by atoms with E-state index in [2.05, 4.69) is 5.32 Å². The normalized spacial score (nSPS) is 25.2. The standard InChI is InChI=1S/C12H21NO3/c1-12(2,3)16-11(15)13-10-6-4-5-9(7-10)8-14/h4,6,9-10,14H,5,7-8H2,1-3H3,(H,13,15). The van der Waals surface area contributed by atoms with Crippen LogP contribution in [0.5, 0.6) is 0 Å². The average Bonchev–Trinajstić information content (AvgIpc) is 2.15. The largest absolute Gasteiger partial charge is 0.444 e. The number of amides is 1. The lowest BCUT2D eigenvalue weighted by Crippen LogP contribution is -2.40. The molecule has 4 heteroatoms. The van der Waals surface area contributed by atoms with Gasteiger partial charge in [0.25, 0.3) is 0 Å². The van der Waals surface area contributed by atoms with Gasteiger partial charge in [-0.15, -0.1) is 0 Å². The maximum atomic E-state index is 11.5. The molecule has 0 radical (unpaired) electrons. The highest BCUT2D eigenvalue weighted by Crippen LogP contribution is 2.18. The number of rotatable bonds is 2. The van der Waals surface area contributed by atoms with Crippen molar-refractivity contribution in [3.63, 3.8) is 0 Å². The number of hydrogen-bond acceptors (Lipinski definition) is 3. The molecular weight excluding hydrogens is 206 g/mol. The van der Waals surface area contributed by atoms with Gasteiger partial charge in [-0.25, -0.2) is 4.79 Å². The molecule has 0 bridgehead atoms. The van der Waals surface area contributed by atoms with Gasteiger partial charge in [-0.1, -0.05) is 12.2 Å². The van der Waals surface area contributed by atoms with Crippen molar-refractivity contribution in [1.29, 1.82) is 0 Å². The van der Waals surface area contributed by atoms with Crippen LogP contribution in [0.15, 0.2) is 12.2 Å². The maximum Gasteiger partial charge on any atom is 0.408 e. The van der Waals surface area contributed by atoms with Gasteiger partial charge in [0.15, 0.2) is 0 Å². The van der Waals surface area contributed by atoms with Crippen LogP contribution < -0.4 is 5.32 Å². The van der Waals surface area contributed by atoms with E-state index in [0.29, 0.717) is 0 Å². The Morgan fingerprint density at radius 1 is 1.56 bits per heavy atom. The van der Waals surface area contributed by atoms with Gasteiger partial charge in [0.2, 0.25) is 0 Å². The molecule has 0 spiro atoms. The Morgan fingerprint density at radius 3 is 2.81 bits per heavy atom. The molecule has 0 fully saturated rings. The van der Waals surface area contributed by atoms with Gasteiger partial charge in [-0.05, 0) is 39.5 Å². The molecule has 1 aliphatic carbocycles. The van der Waals surface area contributed by atoms with Crippen LogP contribution in [-0.2, 0) is 4.74 Å². The van der Waals surface area contributed by atoms with Gasteiger partial charge < -0.3 is 15.2 Å². The molecule has 4 nitrogen and oxygen atoms in total. The van der Waals surface area contributed by atoms with Gasteiger partial charge in [0, 0.05) is 6.61 Å². The number of nitrogens with one attached hydrogen (secondary N) is 1. The maximum absolute atomic E-state index is 11.5. The van der Waals surface area contributed by atoms with Crippen LogP contribution in [0, 0.1) is 5.92 Å². The first kappa shape index (κ1) is 13.0. The molecule has 2 unspecified atom stereocenters. The van der Waals surface area contributed by atoms with Crippen LogP contribution in [0.25, 0.3) is 0 Å². The number of allylic oxidation sites excluding steroid dienone is 1. The summed E-state index contributed by atoms with van der Waals surface area (Å²) >= 11 is 0. The van der Waals surface area contributed by atoms with Crippen LogP contribution in [0.4, 0.5) is 4.79 Å². The fourth-order valence-electron chi connectivity index (χ4n) is 1.68. The lowest BCUT2D eigenvalue weighted by Gasteiger charge is -2.26. The van der Waals surface area contributed by atoms with E-state index in [1.807, 2.05) is 32.9 Å². The van der Waals surface area contributed by atoms with E-state index in [-0.39, 0.29) is 18.6 Å². The van der Waals surface area contributed by atoms with Crippen molar-refractivity contribution in [3.05, 3.63) is 12.2 Å². The Kier molecular flexibility index (Phi) is 4.35. The molecule has 0 aromatic rings. The average molecular weight is 227 g/mol. The molecule has 1 rings (SSSR count). The van der Waals surface area contributed by atoms with Gasteiger partial charge >= 0.3 is 6.09 Å². The van der Waals surface area contributed by atoms with Crippen LogP contribution in [0.2, 0.25) is 0 Å². The molecule has 0 aliphatic heterocycles. The molecule has 92 valence electrons. The third-order valence-corrected chi connectivity index (χ3v) is 2.39. The summed E-state index contributed by atoms with van der Waals surface area (Å²) < 4.78 is 5.16. The molecule has 0 aromatic carbocycles. The smallest absolute Gasteiger partial charge is 0.408 e. The van der Waals surface area contributed by atoms with E-state index in [1.165, 1.54) is 0 Å².